The normalized spacial score (nSPS) is 37.1. The first-order chi connectivity index (χ1) is 6.60. The molecule has 5 heteroatoms. The van der Waals surface area contributed by atoms with Crippen LogP contribution in [0.1, 0.15) is 20.3 Å². The quantitative estimate of drug-likeness (QED) is 0.505. The van der Waals surface area contributed by atoms with E-state index in [0.29, 0.717) is 0 Å². The summed E-state index contributed by atoms with van der Waals surface area (Å²) in [6, 6.07) is -0.624. The number of carbonyl (C=O) groups is 1. The van der Waals surface area contributed by atoms with Crippen molar-refractivity contribution in [1.82, 2.24) is 0 Å². The average Bonchev–Trinajstić information content (AvgIpc) is 2.42. The SMILES string of the molecule is [B][C@@H]1O[C@H](CO)[C@@H](CC)[C@H]1OC(C)=O. The molecular formula is C9H15BO4. The number of aliphatic hydroxyl groups excluding tert-OH is 1. The third-order valence-corrected chi connectivity index (χ3v) is 2.51. The molecule has 1 heterocycles. The van der Waals surface area contributed by atoms with Crippen molar-refractivity contribution in [2.75, 3.05) is 6.61 Å². The first-order valence-electron chi connectivity index (χ1n) is 4.79. The van der Waals surface area contributed by atoms with Crippen molar-refractivity contribution in [3.05, 3.63) is 0 Å². The third kappa shape index (κ3) is 2.28. The van der Waals surface area contributed by atoms with Gasteiger partial charge in [-0.25, -0.2) is 0 Å². The van der Waals surface area contributed by atoms with E-state index in [-0.39, 0.29) is 24.6 Å². The minimum atomic E-state index is -0.624. The standard InChI is InChI=1S/C9H15BO4/c1-3-6-7(4-11)14-9(10)8(6)13-5(2)12/h6-9,11H,3-4H2,1-2H3/t6-,7-,8-,9-/m1/s1. The van der Waals surface area contributed by atoms with Crippen molar-refractivity contribution in [1.29, 1.82) is 0 Å². The fourth-order valence-electron chi connectivity index (χ4n) is 1.86. The summed E-state index contributed by atoms with van der Waals surface area (Å²) in [6.07, 6.45) is 0.00523. The van der Waals surface area contributed by atoms with Crippen molar-refractivity contribution in [2.24, 2.45) is 5.92 Å². The van der Waals surface area contributed by atoms with E-state index >= 15 is 0 Å². The zero-order valence-corrected chi connectivity index (χ0v) is 8.47. The Hall–Kier alpha value is -0.545. The molecule has 2 radical (unpaired) electrons. The molecule has 0 saturated carbocycles. The largest absolute Gasteiger partial charge is 0.460 e. The van der Waals surface area contributed by atoms with Gasteiger partial charge in [-0.1, -0.05) is 6.92 Å². The lowest BCUT2D eigenvalue weighted by molar-refractivity contribution is -0.148. The predicted octanol–water partition coefficient (Wildman–Crippen LogP) is -0.170. The number of carbonyl (C=O) groups excluding carboxylic acids is 1. The minimum absolute atomic E-state index is 0.0149. The summed E-state index contributed by atoms with van der Waals surface area (Å²) in [7, 11) is 5.65. The molecule has 0 spiro atoms. The number of aliphatic hydroxyl groups is 1. The molecule has 0 unspecified atom stereocenters. The molecule has 1 fully saturated rings. The highest BCUT2D eigenvalue weighted by atomic mass is 16.6. The van der Waals surface area contributed by atoms with Gasteiger partial charge in [0.05, 0.1) is 18.7 Å². The number of esters is 1. The monoisotopic (exact) mass is 198 g/mol. The van der Waals surface area contributed by atoms with Crippen LogP contribution in [0.4, 0.5) is 0 Å². The van der Waals surface area contributed by atoms with Crippen LogP contribution in [0.3, 0.4) is 0 Å². The number of ether oxygens (including phenoxy) is 2. The van der Waals surface area contributed by atoms with Crippen LogP contribution >= 0.6 is 0 Å². The Morgan fingerprint density at radius 1 is 1.64 bits per heavy atom. The van der Waals surface area contributed by atoms with E-state index in [2.05, 4.69) is 0 Å². The molecule has 0 bridgehead atoms. The van der Waals surface area contributed by atoms with Crippen LogP contribution in [0.5, 0.6) is 0 Å². The first kappa shape index (κ1) is 11.5. The van der Waals surface area contributed by atoms with E-state index in [4.69, 9.17) is 22.4 Å². The van der Waals surface area contributed by atoms with Crippen LogP contribution in [-0.2, 0) is 14.3 Å². The van der Waals surface area contributed by atoms with Crippen molar-refractivity contribution in [2.45, 2.75) is 38.5 Å². The number of hydrogen-bond acceptors (Lipinski definition) is 4. The highest BCUT2D eigenvalue weighted by molar-refractivity contribution is 6.11. The van der Waals surface area contributed by atoms with Crippen LogP contribution in [0.15, 0.2) is 0 Å². The van der Waals surface area contributed by atoms with Crippen molar-refractivity contribution < 1.29 is 19.4 Å². The summed E-state index contributed by atoms with van der Waals surface area (Å²) >= 11 is 0. The summed E-state index contributed by atoms with van der Waals surface area (Å²) in [5, 5.41) is 9.02. The third-order valence-electron chi connectivity index (χ3n) is 2.51. The van der Waals surface area contributed by atoms with Crippen LogP contribution in [0, 0.1) is 5.92 Å². The lowest BCUT2D eigenvalue weighted by atomic mass is 9.86. The van der Waals surface area contributed by atoms with Crippen molar-refractivity contribution in [3.8, 4) is 0 Å². The second-order valence-corrected chi connectivity index (χ2v) is 3.47. The van der Waals surface area contributed by atoms with Gasteiger partial charge in [0.1, 0.15) is 14.0 Å². The zero-order valence-electron chi connectivity index (χ0n) is 8.47. The molecule has 78 valence electrons. The van der Waals surface area contributed by atoms with Gasteiger partial charge in [0.2, 0.25) is 0 Å². The summed E-state index contributed by atoms with van der Waals surface area (Å²) < 4.78 is 10.3. The molecular weight excluding hydrogens is 183 g/mol. The Morgan fingerprint density at radius 3 is 2.71 bits per heavy atom. The van der Waals surface area contributed by atoms with Crippen molar-refractivity contribution in [3.63, 3.8) is 0 Å². The van der Waals surface area contributed by atoms with E-state index in [0.717, 1.165) is 6.42 Å². The van der Waals surface area contributed by atoms with Gasteiger partial charge in [0.15, 0.2) is 0 Å². The maximum absolute atomic E-state index is 10.8. The Kier molecular flexibility index (Phi) is 3.95. The Morgan fingerprint density at radius 2 is 2.29 bits per heavy atom. The molecule has 1 saturated heterocycles. The average molecular weight is 198 g/mol. The van der Waals surface area contributed by atoms with E-state index < -0.39 is 12.1 Å². The van der Waals surface area contributed by atoms with Crippen LogP contribution in [0.2, 0.25) is 0 Å². The number of hydrogen-bond donors (Lipinski definition) is 1. The molecule has 0 aromatic rings. The van der Waals surface area contributed by atoms with Gasteiger partial charge in [0.25, 0.3) is 0 Å². The highest BCUT2D eigenvalue weighted by Gasteiger charge is 2.42. The first-order valence-corrected chi connectivity index (χ1v) is 4.79. The van der Waals surface area contributed by atoms with Gasteiger partial charge in [-0.15, -0.1) is 0 Å². The molecule has 0 amide bonds. The van der Waals surface area contributed by atoms with Gasteiger partial charge in [-0.3, -0.25) is 4.79 Å². The summed E-state index contributed by atoms with van der Waals surface area (Å²) in [5.74, 6) is -0.384. The highest BCUT2D eigenvalue weighted by Crippen LogP contribution is 2.30. The molecule has 4 nitrogen and oxygen atoms in total. The summed E-state index contributed by atoms with van der Waals surface area (Å²) in [5.41, 5.74) is 0. The lowest BCUT2D eigenvalue weighted by Crippen LogP contribution is -2.33. The molecule has 1 aliphatic rings. The second-order valence-electron chi connectivity index (χ2n) is 3.47. The summed E-state index contributed by atoms with van der Waals surface area (Å²) in [4.78, 5) is 10.8. The molecule has 1 rings (SSSR count). The van der Waals surface area contributed by atoms with Crippen LogP contribution < -0.4 is 0 Å². The van der Waals surface area contributed by atoms with Gasteiger partial charge >= 0.3 is 5.97 Å². The molecule has 4 atom stereocenters. The minimum Gasteiger partial charge on any atom is -0.460 e. The van der Waals surface area contributed by atoms with Crippen LogP contribution in [-0.4, -0.2) is 43.7 Å². The van der Waals surface area contributed by atoms with Gasteiger partial charge in [0, 0.05) is 12.8 Å². The second kappa shape index (κ2) is 4.80. The Labute approximate surface area is 85.0 Å². The van der Waals surface area contributed by atoms with Gasteiger partial charge in [-0.2, -0.15) is 0 Å². The molecule has 1 N–H and O–H groups in total. The molecule has 14 heavy (non-hydrogen) atoms. The smallest absolute Gasteiger partial charge is 0.302 e. The fourth-order valence-corrected chi connectivity index (χ4v) is 1.86. The topological polar surface area (TPSA) is 55.8 Å². The molecule has 1 aliphatic heterocycles. The lowest BCUT2D eigenvalue weighted by Gasteiger charge is -2.21. The maximum Gasteiger partial charge on any atom is 0.302 e. The number of rotatable bonds is 3. The van der Waals surface area contributed by atoms with E-state index in [1.807, 2.05) is 6.92 Å². The van der Waals surface area contributed by atoms with E-state index in [1.165, 1.54) is 6.92 Å². The van der Waals surface area contributed by atoms with Crippen molar-refractivity contribution >= 4 is 13.8 Å². The van der Waals surface area contributed by atoms with Gasteiger partial charge < -0.3 is 14.6 Å². The Balaban J connectivity index is 2.66. The fraction of sp³-hybridized carbons (Fsp3) is 0.889. The Bertz CT molecular complexity index is 209. The van der Waals surface area contributed by atoms with Crippen LogP contribution in [0.25, 0.3) is 0 Å². The summed E-state index contributed by atoms with van der Waals surface area (Å²) in [6.45, 7) is 3.20. The molecule has 0 aromatic heterocycles. The zero-order chi connectivity index (χ0) is 10.7. The molecule has 0 aromatic carbocycles. The van der Waals surface area contributed by atoms with E-state index in [1.54, 1.807) is 0 Å². The van der Waals surface area contributed by atoms with E-state index in [9.17, 15) is 4.79 Å². The predicted molar refractivity (Wildman–Crippen MR) is 50.8 cm³/mol. The van der Waals surface area contributed by atoms with Gasteiger partial charge in [-0.05, 0) is 6.42 Å². The maximum atomic E-state index is 10.8. The molecule has 0 aliphatic carbocycles.